The van der Waals surface area contributed by atoms with E-state index in [9.17, 15) is 0 Å². The van der Waals surface area contributed by atoms with E-state index >= 15 is 0 Å². The summed E-state index contributed by atoms with van der Waals surface area (Å²) in [6.07, 6.45) is 3.24. The third-order valence-corrected chi connectivity index (χ3v) is 4.29. The number of aromatic nitrogens is 1. The first kappa shape index (κ1) is 13.0. The molecule has 0 atom stereocenters. The van der Waals surface area contributed by atoms with Crippen molar-refractivity contribution in [3.8, 4) is 11.1 Å². The minimum Gasteiger partial charge on any atom is -0.350 e. The molecule has 102 valence electrons. The second-order valence-corrected chi connectivity index (χ2v) is 5.61. The maximum Gasteiger partial charge on any atom is 0.0559 e. The molecule has 0 saturated heterocycles. The van der Waals surface area contributed by atoms with Crippen LogP contribution in [0.2, 0.25) is 0 Å². The summed E-state index contributed by atoms with van der Waals surface area (Å²) in [5.41, 5.74) is 8.12. The molecule has 0 spiro atoms. The van der Waals surface area contributed by atoms with Crippen molar-refractivity contribution in [2.75, 3.05) is 0 Å². The molecule has 20 heavy (non-hydrogen) atoms. The van der Waals surface area contributed by atoms with Crippen LogP contribution in [0.15, 0.2) is 42.6 Å². The number of rotatable bonds is 2. The van der Waals surface area contributed by atoms with E-state index in [0.717, 1.165) is 6.42 Å². The molecule has 0 saturated carbocycles. The lowest BCUT2D eigenvalue weighted by molar-refractivity contribution is 0.970. The van der Waals surface area contributed by atoms with Crippen LogP contribution in [0.5, 0.6) is 0 Å². The van der Waals surface area contributed by atoms with Crippen molar-refractivity contribution in [2.24, 2.45) is 7.05 Å². The highest BCUT2D eigenvalue weighted by Crippen LogP contribution is 2.32. The van der Waals surface area contributed by atoms with Crippen molar-refractivity contribution in [1.82, 2.24) is 4.57 Å². The Hall–Kier alpha value is -2.02. The Bertz CT molecular complexity index is 778. The van der Waals surface area contributed by atoms with Crippen molar-refractivity contribution >= 4 is 10.9 Å². The molecule has 0 aliphatic carbocycles. The molecule has 0 aliphatic heterocycles. The number of nitrogens with zero attached hydrogens (tertiary/aromatic N) is 1. The van der Waals surface area contributed by atoms with Gasteiger partial charge in [0.1, 0.15) is 0 Å². The molecule has 0 aliphatic rings. The van der Waals surface area contributed by atoms with Crippen molar-refractivity contribution in [3.05, 3.63) is 59.3 Å². The van der Waals surface area contributed by atoms with Crippen LogP contribution in [-0.4, -0.2) is 4.57 Å². The number of fused-ring (bicyclic) bond motifs is 1. The van der Waals surface area contributed by atoms with E-state index < -0.39 is 0 Å². The van der Waals surface area contributed by atoms with Gasteiger partial charge in [-0.1, -0.05) is 37.3 Å². The highest BCUT2D eigenvalue weighted by molar-refractivity contribution is 5.96. The minimum atomic E-state index is 1.10. The van der Waals surface area contributed by atoms with Crippen LogP contribution in [0.3, 0.4) is 0 Å². The fourth-order valence-corrected chi connectivity index (χ4v) is 3.05. The van der Waals surface area contributed by atoms with E-state index in [4.69, 9.17) is 0 Å². The normalized spacial score (nSPS) is 11.2. The van der Waals surface area contributed by atoms with Crippen molar-refractivity contribution in [1.29, 1.82) is 0 Å². The van der Waals surface area contributed by atoms with Gasteiger partial charge in [0.2, 0.25) is 0 Å². The third kappa shape index (κ3) is 1.94. The lowest BCUT2D eigenvalue weighted by Crippen LogP contribution is -1.92. The minimum absolute atomic E-state index is 1.10. The molecule has 3 rings (SSSR count). The Balaban J connectivity index is 2.27. The van der Waals surface area contributed by atoms with E-state index in [2.05, 4.69) is 75.0 Å². The highest BCUT2D eigenvalue weighted by Gasteiger charge is 2.10. The first-order valence-electron chi connectivity index (χ1n) is 7.26. The second kappa shape index (κ2) is 4.82. The largest absolute Gasteiger partial charge is 0.350 e. The Morgan fingerprint density at radius 2 is 1.75 bits per heavy atom. The Labute approximate surface area is 120 Å². The van der Waals surface area contributed by atoms with Gasteiger partial charge in [0.15, 0.2) is 0 Å². The van der Waals surface area contributed by atoms with Crippen LogP contribution in [0.1, 0.15) is 23.6 Å². The number of benzene rings is 2. The summed E-state index contributed by atoms with van der Waals surface area (Å²) in [6.45, 7) is 6.60. The summed E-state index contributed by atoms with van der Waals surface area (Å²) >= 11 is 0. The van der Waals surface area contributed by atoms with E-state index in [0.29, 0.717) is 0 Å². The SMILES string of the molecule is CCc1ccc(-c2ccc(C)c3ccn(C)c23)cc1C. The van der Waals surface area contributed by atoms with Crippen LogP contribution in [0.25, 0.3) is 22.0 Å². The molecule has 0 amide bonds. The average molecular weight is 263 g/mol. The quantitative estimate of drug-likeness (QED) is 0.611. The van der Waals surface area contributed by atoms with E-state index in [1.54, 1.807) is 0 Å². The molecule has 0 unspecified atom stereocenters. The average Bonchev–Trinajstić information content (AvgIpc) is 2.83. The second-order valence-electron chi connectivity index (χ2n) is 5.61. The Morgan fingerprint density at radius 1 is 0.950 bits per heavy atom. The standard InChI is InChI=1S/C19H21N/c1-5-15-7-8-16(12-14(15)3)18-9-6-13(2)17-10-11-20(4)19(17)18/h6-12H,5H2,1-4H3. The first-order valence-corrected chi connectivity index (χ1v) is 7.26. The fourth-order valence-electron chi connectivity index (χ4n) is 3.05. The first-order chi connectivity index (χ1) is 9.61. The summed E-state index contributed by atoms with van der Waals surface area (Å²) in [5.74, 6) is 0. The molecule has 1 heteroatoms. The van der Waals surface area contributed by atoms with Gasteiger partial charge in [0, 0.05) is 24.2 Å². The summed E-state index contributed by atoms with van der Waals surface area (Å²) in [4.78, 5) is 0. The van der Waals surface area contributed by atoms with Gasteiger partial charge in [-0.05, 0) is 48.6 Å². The molecule has 0 bridgehead atoms. The lowest BCUT2D eigenvalue weighted by Gasteiger charge is -2.11. The van der Waals surface area contributed by atoms with Gasteiger partial charge in [0.25, 0.3) is 0 Å². The number of hydrogen-bond donors (Lipinski definition) is 0. The van der Waals surface area contributed by atoms with E-state index in [-0.39, 0.29) is 0 Å². The monoisotopic (exact) mass is 263 g/mol. The fraction of sp³-hybridized carbons (Fsp3) is 0.263. The Morgan fingerprint density at radius 3 is 2.45 bits per heavy atom. The molecule has 0 fully saturated rings. The molecule has 1 aromatic heterocycles. The zero-order valence-corrected chi connectivity index (χ0v) is 12.7. The maximum atomic E-state index is 2.32. The summed E-state index contributed by atoms with van der Waals surface area (Å²) in [7, 11) is 2.12. The molecule has 0 N–H and O–H groups in total. The molecule has 0 radical (unpaired) electrons. The lowest BCUT2D eigenvalue weighted by atomic mass is 9.96. The molecule has 1 nitrogen and oxygen atoms in total. The van der Waals surface area contributed by atoms with Gasteiger partial charge in [-0.2, -0.15) is 0 Å². The predicted molar refractivity (Wildman–Crippen MR) is 87.2 cm³/mol. The van der Waals surface area contributed by atoms with Crippen LogP contribution >= 0.6 is 0 Å². The third-order valence-electron chi connectivity index (χ3n) is 4.29. The van der Waals surface area contributed by atoms with Gasteiger partial charge in [0.05, 0.1) is 5.52 Å². The van der Waals surface area contributed by atoms with Gasteiger partial charge < -0.3 is 4.57 Å². The van der Waals surface area contributed by atoms with Crippen molar-refractivity contribution in [3.63, 3.8) is 0 Å². The predicted octanol–water partition coefficient (Wildman–Crippen LogP) is 5.02. The zero-order valence-electron chi connectivity index (χ0n) is 12.7. The van der Waals surface area contributed by atoms with E-state index in [1.165, 1.54) is 38.7 Å². The Kier molecular flexibility index (Phi) is 3.13. The molecular formula is C19H21N. The summed E-state index contributed by atoms with van der Waals surface area (Å²) in [6, 6.07) is 13.5. The highest BCUT2D eigenvalue weighted by atomic mass is 14.9. The number of aryl methyl sites for hydroxylation is 4. The molecular weight excluding hydrogens is 242 g/mol. The van der Waals surface area contributed by atoms with Gasteiger partial charge in [-0.15, -0.1) is 0 Å². The number of hydrogen-bond acceptors (Lipinski definition) is 0. The van der Waals surface area contributed by atoms with Crippen molar-refractivity contribution < 1.29 is 0 Å². The van der Waals surface area contributed by atoms with Crippen LogP contribution in [0.4, 0.5) is 0 Å². The molecule has 3 aromatic rings. The van der Waals surface area contributed by atoms with Gasteiger partial charge >= 0.3 is 0 Å². The van der Waals surface area contributed by atoms with Gasteiger partial charge in [-0.3, -0.25) is 0 Å². The van der Waals surface area contributed by atoms with Gasteiger partial charge in [-0.25, -0.2) is 0 Å². The summed E-state index contributed by atoms with van der Waals surface area (Å²) in [5, 5.41) is 1.35. The molecule has 1 heterocycles. The van der Waals surface area contributed by atoms with Crippen LogP contribution < -0.4 is 0 Å². The van der Waals surface area contributed by atoms with Crippen molar-refractivity contribution in [2.45, 2.75) is 27.2 Å². The maximum absolute atomic E-state index is 2.32. The van der Waals surface area contributed by atoms with Crippen LogP contribution in [0, 0.1) is 13.8 Å². The topological polar surface area (TPSA) is 4.93 Å². The zero-order chi connectivity index (χ0) is 14.3. The summed E-state index contributed by atoms with van der Waals surface area (Å²) < 4.78 is 2.22. The smallest absolute Gasteiger partial charge is 0.0559 e. The van der Waals surface area contributed by atoms with E-state index in [1.807, 2.05) is 0 Å². The van der Waals surface area contributed by atoms with Crippen LogP contribution in [-0.2, 0) is 13.5 Å². The molecule has 2 aromatic carbocycles.